The molecule has 0 unspecified atom stereocenters. The summed E-state index contributed by atoms with van der Waals surface area (Å²) < 4.78 is 4.96. The highest BCUT2D eigenvalue weighted by Gasteiger charge is 2.25. The Bertz CT molecular complexity index is 356. The molecule has 1 aliphatic carbocycles. The summed E-state index contributed by atoms with van der Waals surface area (Å²) in [7, 11) is 0. The predicted octanol–water partition coefficient (Wildman–Crippen LogP) is 2.03. The van der Waals surface area contributed by atoms with E-state index in [0.717, 1.165) is 18.5 Å². The average Bonchev–Trinajstić information content (AvgIpc) is 2.79. The van der Waals surface area contributed by atoms with E-state index < -0.39 is 0 Å². The molecule has 0 aliphatic heterocycles. The van der Waals surface area contributed by atoms with Crippen LogP contribution in [-0.2, 0) is 4.74 Å². The first-order valence-electron chi connectivity index (χ1n) is 5.90. The number of nitrogens with one attached hydrogen (secondary N) is 1. The van der Waals surface area contributed by atoms with Crippen molar-refractivity contribution in [2.45, 2.75) is 44.9 Å². The molecule has 0 atom stereocenters. The normalized spacial score (nSPS) is 17.3. The van der Waals surface area contributed by atoms with Crippen LogP contribution in [0.1, 0.15) is 61.1 Å². The highest BCUT2D eigenvalue weighted by atomic mass is 16.5. The van der Waals surface area contributed by atoms with Crippen LogP contribution in [0.15, 0.2) is 0 Å². The number of carbonyl (C=O) groups is 1. The van der Waals surface area contributed by atoms with E-state index in [2.05, 4.69) is 15.4 Å². The fourth-order valence-electron chi connectivity index (χ4n) is 2.25. The first-order chi connectivity index (χ1) is 7.83. The number of nitrogens with zero attached hydrogens (tertiary/aromatic N) is 2. The molecule has 16 heavy (non-hydrogen) atoms. The van der Waals surface area contributed by atoms with Crippen LogP contribution < -0.4 is 0 Å². The lowest BCUT2D eigenvalue weighted by atomic mass is 9.86. The molecule has 2 rings (SSSR count). The number of rotatable bonds is 3. The first-order valence-corrected chi connectivity index (χ1v) is 5.90. The fourth-order valence-corrected chi connectivity index (χ4v) is 2.25. The van der Waals surface area contributed by atoms with E-state index in [0.29, 0.717) is 18.2 Å². The van der Waals surface area contributed by atoms with Gasteiger partial charge in [-0.05, 0) is 19.8 Å². The van der Waals surface area contributed by atoms with Gasteiger partial charge in [0.1, 0.15) is 5.69 Å². The van der Waals surface area contributed by atoms with Gasteiger partial charge in [-0.25, -0.2) is 4.79 Å². The van der Waals surface area contributed by atoms with E-state index in [-0.39, 0.29) is 5.97 Å². The zero-order valence-electron chi connectivity index (χ0n) is 9.53. The molecule has 0 radical (unpaired) electrons. The second-order valence-electron chi connectivity index (χ2n) is 4.11. The smallest absolute Gasteiger partial charge is 0.360 e. The molecule has 5 nitrogen and oxygen atoms in total. The molecule has 1 saturated carbocycles. The molecule has 1 N–H and O–H groups in total. The van der Waals surface area contributed by atoms with Crippen LogP contribution in [-0.4, -0.2) is 28.0 Å². The van der Waals surface area contributed by atoms with Gasteiger partial charge in [-0.2, -0.15) is 10.3 Å². The average molecular weight is 223 g/mol. The molecular formula is C11H17N3O2. The van der Waals surface area contributed by atoms with Gasteiger partial charge >= 0.3 is 5.97 Å². The van der Waals surface area contributed by atoms with Gasteiger partial charge in [-0.3, -0.25) is 0 Å². The predicted molar refractivity (Wildman–Crippen MR) is 58.2 cm³/mol. The van der Waals surface area contributed by atoms with Crippen molar-refractivity contribution in [1.29, 1.82) is 0 Å². The van der Waals surface area contributed by atoms with Gasteiger partial charge in [0.25, 0.3) is 0 Å². The summed E-state index contributed by atoms with van der Waals surface area (Å²) in [5.41, 5.74) is 1.16. The molecular weight excluding hydrogens is 206 g/mol. The molecule has 1 aromatic rings. The van der Waals surface area contributed by atoms with E-state index in [9.17, 15) is 4.79 Å². The molecule has 88 valence electrons. The lowest BCUT2D eigenvalue weighted by molar-refractivity contribution is 0.0517. The number of hydrogen-bond acceptors (Lipinski definition) is 4. The number of ether oxygens (including phenoxy) is 1. The van der Waals surface area contributed by atoms with Crippen LogP contribution in [0, 0.1) is 0 Å². The van der Waals surface area contributed by atoms with Crippen molar-refractivity contribution in [2.75, 3.05) is 6.61 Å². The highest BCUT2D eigenvalue weighted by molar-refractivity contribution is 5.88. The minimum Gasteiger partial charge on any atom is -0.461 e. The van der Waals surface area contributed by atoms with Crippen LogP contribution >= 0.6 is 0 Å². The van der Waals surface area contributed by atoms with Crippen molar-refractivity contribution in [1.82, 2.24) is 15.4 Å². The van der Waals surface area contributed by atoms with Crippen molar-refractivity contribution in [3.63, 3.8) is 0 Å². The fraction of sp³-hybridized carbons (Fsp3) is 0.727. The van der Waals surface area contributed by atoms with Crippen LogP contribution in [0.4, 0.5) is 0 Å². The zero-order valence-corrected chi connectivity index (χ0v) is 9.53. The van der Waals surface area contributed by atoms with Gasteiger partial charge in [-0.15, -0.1) is 5.10 Å². The van der Waals surface area contributed by atoms with Gasteiger partial charge in [0.05, 0.1) is 6.61 Å². The van der Waals surface area contributed by atoms with Crippen molar-refractivity contribution in [3.05, 3.63) is 11.4 Å². The molecule has 0 bridgehead atoms. The van der Waals surface area contributed by atoms with E-state index in [4.69, 9.17) is 4.74 Å². The maximum Gasteiger partial charge on any atom is 0.360 e. The van der Waals surface area contributed by atoms with Crippen molar-refractivity contribution < 1.29 is 9.53 Å². The van der Waals surface area contributed by atoms with Gasteiger partial charge in [0.2, 0.25) is 0 Å². The van der Waals surface area contributed by atoms with E-state index in [1.807, 2.05) is 0 Å². The zero-order chi connectivity index (χ0) is 11.4. The third kappa shape index (κ3) is 2.23. The second kappa shape index (κ2) is 5.09. The van der Waals surface area contributed by atoms with E-state index >= 15 is 0 Å². The van der Waals surface area contributed by atoms with Gasteiger partial charge in [0.15, 0.2) is 5.69 Å². The number of carbonyl (C=O) groups excluding carboxylic acids is 1. The van der Waals surface area contributed by atoms with Crippen molar-refractivity contribution >= 4 is 5.97 Å². The number of esters is 1. The first kappa shape index (κ1) is 11.1. The van der Waals surface area contributed by atoms with Crippen LogP contribution in [0.3, 0.4) is 0 Å². The Hall–Kier alpha value is -1.39. The summed E-state index contributed by atoms with van der Waals surface area (Å²) >= 11 is 0. The van der Waals surface area contributed by atoms with Crippen molar-refractivity contribution in [3.8, 4) is 0 Å². The molecule has 1 fully saturated rings. The maximum absolute atomic E-state index is 11.6. The third-order valence-electron chi connectivity index (χ3n) is 3.04. The van der Waals surface area contributed by atoms with Crippen LogP contribution in [0.25, 0.3) is 0 Å². The van der Waals surface area contributed by atoms with Crippen LogP contribution in [0.5, 0.6) is 0 Å². The highest BCUT2D eigenvalue weighted by Crippen LogP contribution is 2.32. The lowest BCUT2D eigenvalue weighted by Gasteiger charge is -2.19. The molecule has 5 heteroatoms. The van der Waals surface area contributed by atoms with Crippen molar-refractivity contribution in [2.24, 2.45) is 0 Å². The van der Waals surface area contributed by atoms with E-state index in [1.165, 1.54) is 19.3 Å². The summed E-state index contributed by atoms with van der Waals surface area (Å²) in [5.74, 6) is 0.00345. The largest absolute Gasteiger partial charge is 0.461 e. The van der Waals surface area contributed by atoms with Gasteiger partial charge < -0.3 is 4.74 Å². The summed E-state index contributed by atoms with van der Waals surface area (Å²) in [6, 6.07) is 0. The van der Waals surface area contributed by atoms with E-state index in [1.54, 1.807) is 6.92 Å². The summed E-state index contributed by atoms with van der Waals surface area (Å²) in [6.07, 6.45) is 5.89. The quantitative estimate of drug-likeness (QED) is 0.796. The standard InChI is InChI=1S/C11H17N3O2/c1-2-16-11(15)10-9(12-14-13-10)8-6-4-3-5-7-8/h8H,2-7H2,1H3,(H,12,13,14). The Labute approximate surface area is 94.6 Å². The molecule has 0 spiro atoms. The molecule has 1 heterocycles. The topological polar surface area (TPSA) is 67.9 Å². The Kier molecular flexibility index (Phi) is 3.54. The van der Waals surface area contributed by atoms with Gasteiger partial charge in [-0.1, -0.05) is 19.3 Å². The number of aromatic amines is 1. The molecule has 0 amide bonds. The molecule has 0 aromatic carbocycles. The Morgan fingerprint density at radius 2 is 2.12 bits per heavy atom. The molecule has 1 aliphatic rings. The Balaban J connectivity index is 2.14. The SMILES string of the molecule is CCOC(=O)c1n[nH]nc1C1CCCCC1. The third-order valence-corrected chi connectivity index (χ3v) is 3.04. The minimum atomic E-state index is -0.364. The monoisotopic (exact) mass is 223 g/mol. The summed E-state index contributed by atoms with van der Waals surface area (Å²) in [4.78, 5) is 11.6. The number of H-pyrrole nitrogens is 1. The summed E-state index contributed by atoms with van der Waals surface area (Å²) in [6.45, 7) is 2.16. The molecule has 0 saturated heterocycles. The Morgan fingerprint density at radius 1 is 1.38 bits per heavy atom. The minimum absolute atomic E-state index is 0.364. The number of hydrogen-bond donors (Lipinski definition) is 1. The van der Waals surface area contributed by atoms with Crippen LogP contribution in [0.2, 0.25) is 0 Å². The summed E-state index contributed by atoms with van der Waals surface area (Å²) in [5, 5.41) is 10.5. The lowest BCUT2D eigenvalue weighted by Crippen LogP contribution is -2.13. The maximum atomic E-state index is 11.6. The number of aromatic nitrogens is 3. The second-order valence-corrected chi connectivity index (χ2v) is 4.11. The Morgan fingerprint density at radius 3 is 2.81 bits per heavy atom. The molecule has 1 aromatic heterocycles. The van der Waals surface area contributed by atoms with Gasteiger partial charge in [0, 0.05) is 5.92 Å².